The first-order valence-electron chi connectivity index (χ1n) is 13.2. The topological polar surface area (TPSA) is 8.81 Å². The lowest BCUT2D eigenvalue weighted by Gasteiger charge is -2.19. The Morgan fingerprint density at radius 3 is 1.92 bits per heavy atom. The zero-order valence-electron chi connectivity index (χ0n) is 23.0. The van der Waals surface area contributed by atoms with Crippen molar-refractivity contribution in [2.24, 2.45) is 7.05 Å². The number of hydrogen-bond donors (Lipinski definition) is 0. The fourth-order valence-electron chi connectivity index (χ4n) is 5.87. The van der Waals surface area contributed by atoms with Gasteiger partial charge in [-0.05, 0) is 56.2 Å². The van der Waals surface area contributed by atoms with Gasteiger partial charge in [-0.15, -0.1) is 0 Å². The molecule has 6 aromatic rings. The van der Waals surface area contributed by atoms with Gasteiger partial charge < -0.3 is 4.57 Å². The van der Waals surface area contributed by atoms with E-state index in [9.17, 15) is 0 Å². The molecule has 0 spiro atoms. The molecule has 0 aliphatic heterocycles. The first-order chi connectivity index (χ1) is 17.6. The van der Waals surface area contributed by atoms with Gasteiger partial charge in [0.05, 0.1) is 30.2 Å². The SMILES string of the molecule is Cc1cc(C)c(C)c(-c2cc(-n3c4ccccc4c4ccccc43)c3cc([Si](C)(C)C)ccc3[n+]2C)c1. The highest BCUT2D eigenvalue weighted by Crippen LogP contribution is 2.36. The molecular weight excluding hydrogens is 464 g/mol. The summed E-state index contributed by atoms with van der Waals surface area (Å²) in [7, 11) is 0.718. The van der Waals surface area contributed by atoms with Crippen molar-refractivity contribution < 1.29 is 4.57 Å². The number of rotatable bonds is 3. The fourth-order valence-corrected chi connectivity index (χ4v) is 7.03. The van der Waals surface area contributed by atoms with Crippen molar-refractivity contribution in [3.63, 3.8) is 0 Å². The van der Waals surface area contributed by atoms with Crippen molar-refractivity contribution in [1.29, 1.82) is 0 Å². The van der Waals surface area contributed by atoms with E-state index in [0.29, 0.717) is 0 Å². The standard InChI is InChI=1S/C34H35N2Si/c1-22-18-23(2)24(3)28(19-22)33-21-34(29-20-25(37(5,6)7)16-17-30(29)35(33)4)36-31-14-10-8-12-26(31)27-13-9-11-15-32(27)36/h8-21H,1-7H3/q+1. The fraction of sp³-hybridized carbons (Fsp3) is 0.206. The van der Waals surface area contributed by atoms with Crippen molar-refractivity contribution in [2.45, 2.75) is 40.4 Å². The van der Waals surface area contributed by atoms with Gasteiger partial charge in [0.25, 0.3) is 0 Å². The number of para-hydroxylation sites is 2. The molecule has 0 unspecified atom stereocenters. The molecule has 0 aliphatic rings. The van der Waals surface area contributed by atoms with Crippen molar-refractivity contribution in [3.05, 3.63) is 102 Å². The average Bonchev–Trinajstić information content (AvgIpc) is 3.20. The third-order valence-corrected chi connectivity index (χ3v) is 10.1. The van der Waals surface area contributed by atoms with Crippen LogP contribution in [0.2, 0.25) is 19.6 Å². The summed E-state index contributed by atoms with van der Waals surface area (Å²) in [6.07, 6.45) is 0. The largest absolute Gasteiger partial charge is 0.308 e. The van der Waals surface area contributed by atoms with Crippen LogP contribution < -0.4 is 9.75 Å². The molecule has 2 heterocycles. The minimum Gasteiger partial charge on any atom is -0.308 e. The number of hydrogen-bond acceptors (Lipinski definition) is 0. The smallest absolute Gasteiger partial charge is 0.215 e. The molecule has 0 bridgehead atoms. The van der Waals surface area contributed by atoms with Gasteiger partial charge >= 0.3 is 0 Å². The van der Waals surface area contributed by atoms with Gasteiger partial charge in [0.2, 0.25) is 11.2 Å². The number of fused-ring (bicyclic) bond motifs is 4. The number of aryl methyl sites for hydroxylation is 3. The Balaban J connectivity index is 1.82. The lowest BCUT2D eigenvalue weighted by molar-refractivity contribution is -0.633. The summed E-state index contributed by atoms with van der Waals surface area (Å²) in [5, 5.41) is 5.38. The van der Waals surface area contributed by atoms with Gasteiger partial charge in [0.1, 0.15) is 7.05 Å². The lowest BCUT2D eigenvalue weighted by atomic mass is 9.96. The van der Waals surface area contributed by atoms with Gasteiger partial charge in [-0.2, -0.15) is 4.57 Å². The highest BCUT2D eigenvalue weighted by Gasteiger charge is 2.25. The van der Waals surface area contributed by atoms with E-state index in [-0.39, 0.29) is 0 Å². The van der Waals surface area contributed by atoms with Crippen LogP contribution in [0.25, 0.3) is 49.7 Å². The average molecular weight is 500 g/mol. The van der Waals surface area contributed by atoms with Gasteiger partial charge in [-0.25, -0.2) is 0 Å². The van der Waals surface area contributed by atoms with Gasteiger partial charge in [0.15, 0.2) is 0 Å². The van der Waals surface area contributed by atoms with Crippen molar-refractivity contribution >= 4 is 46.0 Å². The van der Waals surface area contributed by atoms with Crippen LogP contribution >= 0.6 is 0 Å². The highest BCUT2D eigenvalue weighted by molar-refractivity contribution is 6.88. The first-order valence-corrected chi connectivity index (χ1v) is 16.7. The Morgan fingerprint density at radius 1 is 0.676 bits per heavy atom. The van der Waals surface area contributed by atoms with Crippen LogP contribution in [0.5, 0.6) is 0 Å². The molecule has 6 rings (SSSR count). The second-order valence-electron chi connectivity index (χ2n) is 11.6. The molecular formula is C34H35N2Si+. The Kier molecular flexibility index (Phi) is 5.39. The lowest BCUT2D eigenvalue weighted by Crippen LogP contribution is -2.39. The van der Waals surface area contributed by atoms with Crippen LogP contribution in [0.4, 0.5) is 0 Å². The normalized spacial score (nSPS) is 12.2. The molecule has 0 N–H and O–H groups in total. The summed E-state index contributed by atoms with van der Waals surface area (Å²) in [6, 6.07) is 31.9. The molecule has 37 heavy (non-hydrogen) atoms. The Bertz CT molecular complexity index is 1800. The molecule has 0 atom stereocenters. The molecule has 2 nitrogen and oxygen atoms in total. The zero-order chi connectivity index (χ0) is 26.1. The number of pyridine rings is 1. The predicted octanol–water partition coefficient (Wildman–Crippen LogP) is 7.90. The molecule has 3 heteroatoms. The number of nitrogens with zero attached hydrogens (tertiary/aromatic N) is 2. The van der Waals surface area contributed by atoms with Crippen LogP contribution in [0, 0.1) is 20.8 Å². The third kappa shape index (κ3) is 3.72. The predicted molar refractivity (Wildman–Crippen MR) is 162 cm³/mol. The van der Waals surface area contributed by atoms with Crippen LogP contribution in [-0.2, 0) is 7.05 Å². The van der Waals surface area contributed by atoms with E-state index in [1.807, 2.05) is 0 Å². The molecule has 0 amide bonds. The maximum Gasteiger partial charge on any atom is 0.215 e. The second kappa shape index (κ2) is 8.42. The monoisotopic (exact) mass is 499 g/mol. The summed E-state index contributed by atoms with van der Waals surface area (Å²) in [6.45, 7) is 14.0. The van der Waals surface area contributed by atoms with E-state index in [1.165, 1.54) is 71.5 Å². The molecule has 0 saturated heterocycles. The highest BCUT2D eigenvalue weighted by atomic mass is 28.3. The van der Waals surface area contributed by atoms with Crippen LogP contribution in [0.15, 0.2) is 84.9 Å². The minimum absolute atomic E-state index is 1.24. The van der Waals surface area contributed by atoms with Crippen molar-refractivity contribution in [2.75, 3.05) is 0 Å². The Hall–Kier alpha value is -3.69. The van der Waals surface area contributed by atoms with Crippen molar-refractivity contribution in [3.8, 4) is 16.9 Å². The van der Waals surface area contributed by atoms with E-state index in [2.05, 4.69) is 142 Å². The molecule has 184 valence electrons. The minimum atomic E-state index is -1.50. The second-order valence-corrected chi connectivity index (χ2v) is 16.7. The molecule has 2 aromatic heterocycles. The molecule has 0 aliphatic carbocycles. The molecule has 0 radical (unpaired) electrons. The first kappa shape index (κ1) is 23.7. The maximum atomic E-state index is 2.49. The maximum absolute atomic E-state index is 2.49. The van der Waals surface area contributed by atoms with E-state index in [4.69, 9.17) is 0 Å². The van der Waals surface area contributed by atoms with Crippen molar-refractivity contribution in [1.82, 2.24) is 4.57 Å². The molecule has 4 aromatic carbocycles. The van der Waals surface area contributed by atoms with E-state index in [1.54, 1.807) is 0 Å². The summed E-state index contributed by atoms with van der Waals surface area (Å²) in [4.78, 5) is 0. The summed E-state index contributed by atoms with van der Waals surface area (Å²) < 4.78 is 4.88. The third-order valence-electron chi connectivity index (χ3n) is 8.04. The summed E-state index contributed by atoms with van der Waals surface area (Å²) in [5.41, 5.74) is 11.5. The van der Waals surface area contributed by atoms with Gasteiger partial charge in [0, 0.05) is 28.5 Å². The van der Waals surface area contributed by atoms with Gasteiger partial charge in [-0.1, -0.05) is 78.9 Å². The van der Waals surface area contributed by atoms with Crippen LogP contribution in [0.3, 0.4) is 0 Å². The molecule has 0 fully saturated rings. The van der Waals surface area contributed by atoms with E-state index >= 15 is 0 Å². The van der Waals surface area contributed by atoms with E-state index in [0.717, 1.165) is 0 Å². The molecule has 0 saturated carbocycles. The number of aromatic nitrogens is 2. The summed E-state index contributed by atoms with van der Waals surface area (Å²) >= 11 is 0. The van der Waals surface area contributed by atoms with Crippen LogP contribution in [0.1, 0.15) is 16.7 Å². The quantitative estimate of drug-likeness (QED) is 0.173. The zero-order valence-corrected chi connectivity index (χ0v) is 24.0. The van der Waals surface area contributed by atoms with Gasteiger partial charge in [-0.3, -0.25) is 0 Å². The number of benzene rings is 4. The van der Waals surface area contributed by atoms with Crippen LogP contribution in [-0.4, -0.2) is 12.6 Å². The van der Waals surface area contributed by atoms with E-state index < -0.39 is 8.07 Å². The summed E-state index contributed by atoms with van der Waals surface area (Å²) in [5.74, 6) is 0. The Labute approximate surface area is 220 Å². The Morgan fingerprint density at radius 2 is 1.30 bits per heavy atom.